The predicted octanol–water partition coefficient (Wildman–Crippen LogP) is 3.00. The summed E-state index contributed by atoms with van der Waals surface area (Å²) in [5.74, 6) is -0.228. The van der Waals surface area contributed by atoms with Crippen molar-refractivity contribution in [1.82, 2.24) is 4.98 Å². The number of carbonyl (C=O) groups is 2. The Morgan fingerprint density at radius 1 is 1.04 bits per heavy atom. The minimum atomic E-state index is -0.668. The van der Waals surface area contributed by atoms with Crippen LogP contribution in [0.5, 0.6) is 0 Å². The molecule has 0 aliphatic carbocycles. The van der Waals surface area contributed by atoms with Crippen LogP contribution in [0.15, 0.2) is 60.8 Å². The highest BCUT2D eigenvalue weighted by atomic mass is 16.2. The number of amides is 3. The Bertz CT molecular complexity index is 1080. The fourth-order valence-electron chi connectivity index (χ4n) is 3.25. The minimum Gasteiger partial charge on any atom is -0.399 e. The van der Waals surface area contributed by atoms with Gasteiger partial charge >= 0.3 is 6.03 Å². The number of nitrogen functional groups attached to an aromatic ring is 1. The molecule has 3 amide bonds. The van der Waals surface area contributed by atoms with Gasteiger partial charge in [-0.05, 0) is 48.0 Å². The molecule has 1 aromatic heterocycles. The maximum absolute atomic E-state index is 12.8. The third-order valence-corrected chi connectivity index (χ3v) is 4.32. The summed E-state index contributed by atoms with van der Waals surface area (Å²) < 4.78 is 0. The number of nitrogens with one attached hydrogen (secondary N) is 3. The van der Waals surface area contributed by atoms with Crippen LogP contribution in [0.1, 0.15) is 16.8 Å². The number of nitrogens with two attached hydrogens (primary N) is 2. The Kier molecular flexibility index (Phi) is 3.89. The van der Waals surface area contributed by atoms with Crippen LogP contribution in [-0.4, -0.2) is 16.9 Å². The molecular weight excluding hydrogens is 342 g/mol. The van der Waals surface area contributed by atoms with E-state index in [1.807, 2.05) is 30.3 Å². The van der Waals surface area contributed by atoms with Gasteiger partial charge in [-0.2, -0.15) is 0 Å². The molecular formula is C20H17N5O2. The highest BCUT2D eigenvalue weighted by Crippen LogP contribution is 2.40. The lowest BCUT2D eigenvalue weighted by Crippen LogP contribution is -2.19. The Hall–Kier alpha value is -4.00. The van der Waals surface area contributed by atoms with Gasteiger partial charge in [0, 0.05) is 40.1 Å². The van der Waals surface area contributed by atoms with E-state index in [4.69, 9.17) is 11.5 Å². The summed E-state index contributed by atoms with van der Waals surface area (Å²) >= 11 is 0. The zero-order chi connectivity index (χ0) is 19.0. The molecule has 2 aromatic carbocycles. The topological polar surface area (TPSA) is 126 Å². The lowest BCUT2D eigenvalue weighted by molar-refractivity contribution is -0.110. The average Bonchev–Trinajstić information content (AvgIpc) is 3.24. The first-order valence-electron chi connectivity index (χ1n) is 8.29. The Morgan fingerprint density at radius 3 is 2.59 bits per heavy atom. The van der Waals surface area contributed by atoms with Crippen LogP contribution < -0.4 is 22.1 Å². The van der Waals surface area contributed by atoms with E-state index in [9.17, 15) is 9.59 Å². The standard InChI is InChI=1S/C20H17N5O2/c21-12-4-1-3-11(9-12)17(16-5-2-8-23-16)18-14-10-13(24-20(22)27)6-7-15(14)25-19(18)26/h1-10,23H,21H2,(H,25,26)(H3,22,24,27). The Morgan fingerprint density at radius 2 is 1.89 bits per heavy atom. The predicted molar refractivity (Wildman–Crippen MR) is 106 cm³/mol. The molecule has 3 aromatic rings. The van der Waals surface area contributed by atoms with E-state index in [-0.39, 0.29) is 5.91 Å². The van der Waals surface area contributed by atoms with E-state index >= 15 is 0 Å². The molecule has 7 heteroatoms. The first kappa shape index (κ1) is 16.5. The molecule has 0 unspecified atom stereocenters. The number of benzene rings is 2. The van der Waals surface area contributed by atoms with Crippen LogP contribution in [0.25, 0.3) is 11.1 Å². The van der Waals surface area contributed by atoms with Crippen LogP contribution in [-0.2, 0) is 4.79 Å². The summed E-state index contributed by atoms with van der Waals surface area (Å²) in [4.78, 5) is 27.2. The molecule has 1 aliphatic rings. The molecule has 0 spiro atoms. The number of urea groups is 1. The number of anilines is 3. The molecule has 0 radical (unpaired) electrons. The van der Waals surface area contributed by atoms with Gasteiger partial charge in [0.25, 0.3) is 5.91 Å². The summed E-state index contributed by atoms with van der Waals surface area (Å²) in [6.45, 7) is 0. The van der Waals surface area contributed by atoms with E-state index in [0.717, 1.165) is 16.8 Å². The van der Waals surface area contributed by atoms with E-state index in [1.54, 1.807) is 30.5 Å². The number of fused-ring (bicyclic) bond motifs is 1. The molecule has 27 heavy (non-hydrogen) atoms. The number of hydrogen-bond donors (Lipinski definition) is 5. The fourth-order valence-corrected chi connectivity index (χ4v) is 3.25. The molecule has 134 valence electrons. The highest BCUT2D eigenvalue weighted by molar-refractivity contribution is 6.38. The maximum atomic E-state index is 12.8. The molecule has 1 aliphatic heterocycles. The fraction of sp³-hybridized carbons (Fsp3) is 0. The van der Waals surface area contributed by atoms with Gasteiger partial charge in [-0.15, -0.1) is 0 Å². The van der Waals surface area contributed by atoms with Crippen LogP contribution >= 0.6 is 0 Å². The van der Waals surface area contributed by atoms with Crippen LogP contribution in [0.2, 0.25) is 0 Å². The van der Waals surface area contributed by atoms with Crippen molar-refractivity contribution < 1.29 is 9.59 Å². The van der Waals surface area contributed by atoms with Gasteiger partial charge in [0.05, 0.1) is 5.57 Å². The van der Waals surface area contributed by atoms with Gasteiger partial charge in [-0.25, -0.2) is 4.79 Å². The summed E-state index contributed by atoms with van der Waals surface area (Å²) in [7, 11) is 0. The summed E-state index contributed by atoms with van der Waals surface area (Å²) in [6, 6.07) is 15.6. The largest absolute Gasteiger partial charge is 0.399 e. The lowest BCUT2D eigenvalue weighted by Gasteiger charge is -2.12. The van der Waals surface area contributed by atoms with Gasteiger partial charge in [-0.1, -0.05) is 12.1 Å². The number of aromatic amines is 1. The molecule has 0 saturated heterocycles. The zero-order valence-electron chi connectivity index (χ0n) is 14.2. The van der Waals surface area contributed by atoms with Crippen molar-refractivity contribution in [3.63, 3.8) is 0 Å². The van der Waals surface area contributed by atoms with Crippen molar-refractivity contribution in [3.8, 4) is 0 Å². The molecule has 7 nitrogen and oxygen atoms in total. The highest BCUT2D eigenvalue weighted by Gasteiger charge is 2.29. The normalized spacial score (nSPS) is 14.4. The number of rotatable bonds is 3. The second-order valence-electron chi connectivity index (χ2n) is 6.16. The van der Waals surface area contributed by atoms with Crippen molar-refractivity contribution in [2.75, 3.05) is 16.4 Å². The van der Waals surface area contributed by atoms with Gasteiger partial charge in [-0.3, -0.25) is 4.79 Å². The van der Waals surface area contributed by atoms with Gasteiger partial charge in [0.1, 0.15) is 0 Å². The van der Waals surface area contributed by atoms with E-state index < -0.39 is 6.03 Å². The van der Waals surface area contributed by atoms with E-state index in [1.165, 1.54) is 0 Å². The number of aromatic nitrogens is 1. The lowest BCUT2D eigenvalue weighted by atomic mass is 9.92. The number of primary amides is 1. The van der Waals surface area contributed by atoms with Crippen molar-refractivity contribution in [3.05, 3.63) is 77.6 Å². The second-order valence-corrected chi connectivity index (χ2v) is 6.16. The molecule has 4 rings (SSSR count). The SMILES string of the molecule is NC(=O)Nc1ccc2c(c1)C(=C(c1cccc(N)c1)c1ccc[nH]1)C(=O)N2. The Balaban J connectivity index is 1.98. The molecule has 0 fully saturated rings. The summed E-state index contributed by atoms with van der Waals surface area (Å²) in [5, 5.41) is 5.41. The van der Waals surface area contributed by atoms with Gasteiger partial charge < -0.3 is 27.1 Å². The van der Waals surface area contributed by atoms with Gasteiger partial charge in [0.2, 0.25) is 0 Å². The first-order chi connectivity index (χ1) is 13.0. The van der Waals surface area contributed by atoms with E-state index in [2.05, 4.69) is 15.6 Å². The second kappa shape index (κ2) is 6.38. The average molecular weight is 359 g/mol. The molecule has 0 atom stereocenters. The number of hydrogen-bond acceptors (Lipinski definition) is 3. The van der Waals surface area contributed by atoms with Crippen molar-refractivity contribution >= 4 is 40.1 Å². The minimum absolute atomic E-state index is 0.228. The smallest absolute Gasteiger partial charge is 0.316 e. The van der Waals surface area contributed by atoms with Crippen molar-refractivity contribution in [1.29, 1.82) is 0 Å². The summed E-state index contributed by atoms with van der Waals surface area (Å²) in [6.07, 6.45) is 1.79. The number of carbonyl (C=O) groups excluding carboxylic acids is 2. The first-order valence-corrected chi connectivity index (χ1v) is 8.29. The molecule has 7 N–H and O–H groups in total. The Labute approximate surface area is 155 Å². The van der Waals surface area contributed by atoms with E-state index in [0.29, 0.717) is 28.2 Å². The van der Waals surface area contributed by atoms with Crippen molar-refractivity contribution in [2.24, 2.45) is 5.73 Å². The third kappa shape index (κ3) is 3.02. The zero-order valence-corrected chi connectivity index (χ0v) is 14.2. The molecule has 0 bridgehead atoms. The quantitative estimate of drug-likeness (QED) is 0.364. The number of H-pyrrole nitrogens is 1. The maximum Gasteiger partial charge on any atom is 0.316 e. The molecule has 0 saturated carbocycles. The van der Waals surface area contributed by atoms with Crippen molar-refractivity contribution in [2.45, 2.75) is 0 Å². The third-order valence-electron chi connectivity index (χ3n) is 4.32. The van der Waals surface area contributed by atoms with Crippen LogP contribution in [0.3, 0.4) is 0 Å². The molecule has 2 heterocycles. The van der Waals surface area contributed by atoms with Gasteiger partial charge in [0.15, 0.2) is 0 Å². The van der Waals surface area contributed by atoms with Crippen LogP contribution in [0, 0.1) is 0 Å². The summed E-state index contributed by atoms with van der Waals surface area (Å²) in [5.41, 5.74) is 16.4. The van der Waals surface area contributed by atoms with Crippen LogP contribution in [0.4, 0.5) is 21.9 Å². The monoisotopic (exact) mass is 359 g/mol.